The lowest BCUT2D eigenvalue weighted by Crippen LogP contribution is -2.47. The van der Waals surface area contributed by atoms with Crippen LogP contribution in [0.5, 0.6) is 0 Å². The Balaban J connectivity index is 1.45. The molecule has 4 rings (SSSR count). The summed E-state index contributed by atoms with van der Waals surface area (Å²) in [5, 5.41) is 10.6. The average molecular weight is 403 g/mol. The Labute approximate surface area is 165 Å². The minimum Gasteiger partial charge on any atom is -0.348 e. The Morgan fingerprint density at radius 2 is 2.00 bits per heavy atom. The Bertz CT molecular complexity index is 994. The number of pyridine rings is 1. The molecule has 29 heavy (non-hydrogen) atoms. The molecule has 6 nitrogen and oxygen atoms in total. The minimum absolute atomic E-state index is 0.166. The molecule has 0 bridgehead atoms. The van der Waals surface area contributed by atoms with E-state index < -0.39 is 12.7 Å². The number of aromatic amines is 1. The third-order valence-electron chi connectivity index (χ3n) is 5.10. The molecule has 1 aliphatic rings. The van der Waals surface area contributed by atoms with Crippen molar-refractivity contribution in [1.82, 2.24) is 25.4 Å². The molecule has 1 amide bonds. The van der Waals surface area contributed by atoms with Crippen LogP contribution >= 0.6 is 0 Å². The highest BCUT2D eigenvalue weighted by atomic mass is 19.4. The number of rotatable bonds is 4. The minimum atomic E-state index is -4.20. The van der Waals surface area contributed by atoms with Gasteiger partial charge in [-0.1, -0.05) is 12.1 Å². The number of carbonyl (C=O) groups is 1. The normalized spacial score (nSPS) is 16.2. The van der Waals surface area contributed by atoms with Crippen LogP contribution in [0.15, 0.2) is 42.7 Å². The van der Waals surface area contributed by atoms with E-state index in [0.29, 0.717) is 31.3 Å². The fourth-order valence-corrected chi connectivity index (χ4v) is 3.64. The van der Waals surface area contributed by atoms with Crippen LogP contribution in [0.25, 0.3) is 22.0 Å². The predicted molar refractivity (Wildman–Crippen MR) is 102 cm³/mol. The Morgan fingerprint density at radius 3 is 2.69 bits per heavy atom. The number of nitrogens with zero attached hydrogens (tertiary/aromatic N) is 3. The number of alkyl halides is 3. The van der Waals surface area contributed by atoms with Crippen molar-refractivity contribution >= 4 is 16.8 Å². The highest BCUT2D eigenvalue weighted by molar-refractivity contribution is 6.05. The maximum Gasteiger partial charge on any atom is 0.401 e. The molecule has 0 radical (unpaired) electrons. The van der Waals surface area contributed by atoms with Crippen LogP contribution in [0.1, 0.15) is 23.3 Å². The Morgan fingerprint density at radius 1 is 1.21 bits per heavy atom. The lowest BCUT2D eigenvalue weighted by atomic mass is 10.0. The van der Waals surface area contributed by atoms with Crippen LogP contribution in [0, 0.1) is 0 Å². The highest BCUT2D eigenvalue weighted by Crippen LogP contribution is 2.25. The zero-order valence-corrected chi connectivity index (χ0v) is 15.5. The number of fused-ring (bicyclic) bond motifs is 1. The van der Waals surface area contributed by atoms with Gasteiger partial charge in [0.05, 0.1) is 12.1 Å². The van der Waals surface area contributed by atoms with Gasteiger partial charge in [-0.3, -0.25) is 19.8 Å². The molecule has 152 valence electrons. The van der Waals surface area contributed by atoms with Crippen LogP contribution in [0.4, 0.5) is 13.2 Å². The maximum absolute atomic E-state index is 12.7. The van der Waals surface area contributed by atoms with Gasteiger partial charge in [0.2, 0.25) is 0 Å². The molecule has 1 aromatic carbocycles. The number of aromatic nitrogens is 3. The van der Waals surface area contributed by atoms with Gasteiger partial charge in [-0.2, -0.15) is 18.3 Å². The first-order valence-corrected chi connectivity index (χ1v) is 9.37. The topological polar surface area (TPSA) is 73.9 Å². The van der Waals surface area contributed by atoms with Gasteiger partial charge in [-0.25, -0.2) is 0 Å². The van der Waals surface area contributed by atoms with Gasteiger partial charge in [0.15, 0.2) is 5.69 Å². The number of hydrogen-bond donors (Lipinski definition) is 2. The maximum atomic E-state index is 12.7. The predicted octanol–water partition coefficient (Wildman–Crippen LogP) is 3.38. The van der Waals surface area contributed by atoms with E-state index >= 15 is 0 Å². The lowest BCUT2D eigenvalue weighted by Gasteiger charge is -2.32. The van der Waals surface area contributed by atoms with Crippen LogP contribution in [-0.2, 0) is 0 Å². The SMILES string of the molecule is O=C(NC1CCN(CC(F)(F)F)CC1)c1n[nH]c2ccc(-c3cccnc3)cc12. The largest absolute Gasteiger partial charge is 0.401 e. The van der Waals surface area contributed by atoms with Crippen molar-refractivity contribution in [3.63, 3.8) is 0 Å². The smallest absolute Gasteiger partial charge is 0.348 e. The number of H-pyrrole nitrogens is 1. The fraction of sp³-hybridized carbons (Fsp3) is 0.350. The first-order valence-electron chi connectivity index (χ1n) is 9.37. The molecule has 1 saturated heterocycles. The van der Waals surface area contributed by atoms with E-state index in [4.69, 9.17) is 0 Å². The molecule has 0 saturated carbocycles. The van der Waals surface area contributed by atoms with Gasteiger partial charge >= 0.3 is 6.18 Å². The number of carbonyl (C=O) groups excluding carboxylic acids is 1. The molecule has 9 heteroatoms. The van der Waals surface area contributed by atoms with Crippen molar-refractivity contribution in [2.24, 2.45) is 0 Å². The van der Waals surface area contributed by atoms with Gasteiger partial charge in [0, 0.05) is 42.5 Å². The van der Waals surface area contributed by atoms with Gasteiger partial charge in [0.1, 0.15) is 0 Å². The van der Waals surface area contributed by atoms with Gasteiger partial charge in [0.25, 0.3) is 5.91 Å². The van der Waals surface area contributed by atoms with E-state index in [2.05, 4.69) is 20.5 Å². The summed E-state index contributed by atoms with van der Waals surface area (Å²) < 4.78 is 37.5. The molecular weight excluding hydrogens is 383 g/mol. The zero-order valence-electron chi connectivity index (χ0n) is 15.5. The van der Waals surface area contributed by atoms with Crippen LogP contribution in [0.2, 0.25) is 0 Å². The fourth-order valence-electron chi connectivity index (χ4n) is 3.64. The van der Waals surface area contributed by atoms with E-state index in [-0.39, 0.29) is 17.6 Å². The summed E-state index contributed by atoms with van der Waals surface area (Å²) in [6.07, 6.45) is 0.195. The summed E-state index contributed by atoms with van der Waals surface area (Å²) in [5.41, 5.74) is 2.87. The number of likely N-dealkylation sites (tertiary alicyclic amines) is 1. The summed E-state index contributed by atoms with van der Waals surface area (Å²) in [7, 11) is 0. The molecule has 0 spiro atoms. The van der Waals surface area contributed by atoms with Gasteiger partial charge < -0.3 is 5.32 Å². The zero-order chi connectivity index (χ0) is 20.4. The molecule has 3 aromatic rings. The summed E-state index contributed by atoms with van der Waals surface area (Å²) in [5.74, 6) is -0.325. The van der Waals surface area contributed by atoms with Crippen molar-refractivity contribution in [2.75, 3.05) is 19.6 Å². The summed E-state index contributed by atoms with van der Waals surface area (Å²) >= 11 is 0. The van der Waals surface area contributed by atoms with Crippen molar-refractivity contribution in [1.29, 1.82) is 0 Å². The van der Waals surface area contributed by atoms with Crippen LogP contribution < -0.4 is 5.32 Å². The lowest BCUT2D eigenvalue weighted by molar-refractivity contribution is -0.148. The van der Waals surface area contributed by atoms with Crippen LogP contribution in [0.3, 0.4) is 0 Å². The van der Waals surface area contributed by atoms with Crippen LogP contribution in [-0.4, -0.2) is 57.8 Å². The van der Waals surface area contributed by atoms with E-state index in [1.165, 1.54) is 4.90 Å². The number of hydrogen-bond acceptors (Lipinski definition) is 4. The third-order valence-corrected chi connectivity index (χ3v) is 5.10. The molecule has 2 N–H and O–H groups in total. The van der Waals surface area contributed by atoms with E-state index in [1.807, 2.05) is 30.3 Å². The average Bonchev–Trinajstić information content (AvgIpc) is 3.12. The molecule has 2 aromatic heterocycles. The van der Waals surface area contributed by atoms with Crippen molar-refractivity contribution in [3.8, 4) is 11.1 Å². The molecule has 1 fully saturated rings. The first kappa shape index (κ1) is 19.4. The molecule has 3 heterocycles. The Hall–Kier alpha value is -2.94. The number of benzene rings is 1. The van der Waals surface area contributed by atoms with Crippen molar-refractivity contribution in [3.05, 3.63) is 48.4 Å². The Kier molecular flexibility index (Phi) is 5.23. The number of nitrogens with one attached hydrogen (secondary N) is 2. The van der Waals surface area contributed by atoms with Gasteiger partial charge in [-0.15, -0.1) is 0 Å². The molecule has 0 atom stereocenters. The number of halogens is 3. The summed E-state index contributed by atoms with van der Waals surface area (Å²) in [6, 6.07) is 9.28. The molecule has 0 aliphatic carbocycles. The van der Waals surface area contributed by atoms with Crippen molar-refractivity contribution < 1.29 is 18.0 Å². The van der Waals surface area contributed by atoms with Crippen molar-refractivity contribution in [2.45, 2.75) is 25.1 Å². The van der Waals surface area contributed by atoms with Gasteiger partial charge in [-0.05, 0) is 36.6 Å². The summed E-state index contributed by atoms with van der Waals surface area (Å²) in [4.78, 5) is 18.2. The molecule has 1 aliphatic heterocycles. The quantitative estimate of drug-likeness (QED) is 0.701. The highest BCUT2D eigenvalue weighted by Gasteiger charge is 2.33. The molecule has 0 unspecified atom stereocenters. The number of amides is 1. The molecular formula is C20H20F3N5O. The summed E-state index contributed by atoms with van der Waals surface area (Å²) in [6.45, 7) is -0.303. The standard InChI is InChI=1S/C20H20F3N5O/c21-20(22,23)12-28-8-5-15(6-9-28)25-19(29)18-16-10-13(3-4-17(16)26-27-18)14-2-1-7-24-11-14/h1-4,7,10-11,15H,5-6,8-9,12H2,(H,25,29)(H,26,27). The second kappa shape index (κ2) is 7.82. The second-order valence-corrected chi connectivity index (χ2v) is 7.21. The third kappa shape index (κ3) is 4.56. The first-order chi connectivity index (χ1) is 13.9. The monoisotopic (exact) mass is 403 g/mol. The second-order valence-electron chi connectivity index (χ2n) is 7.21. The van der Waals surface area contributed by atoms with E-state index in [1.54, 1.807) is 12.4 Å². The van der Waals surface area contributed by atoms with E-state index in [0.717, 1.165) is 16.6 Å². The number of piperidine rings is 1. The van der Waals surface area contributed by atoms with E-state index in [9.17, 15) is 18.0 Å².